The fraction of sp³-hybridized carbons (Fsp3) is 0.318. The molecule has 0 saturated heterocycles. The molecule has 0 spiro atoms. The first-order chi connectivity index (χ1) is 13.1. The number of ether oxygens (including phenoxy) is 1. The molecule has 2 aromatic carbocycles. The molecule has 3 rings (SSSR count). The molecule has 142 valence electrons. The van der Waals surface area contributed by atoms with Gasteiger partial charge in [-0.05, 0) is 66.4 Å². The summed E-state index contributed by atoms with van der Waals surface area (Å²) in [6, 6.07) is 12.4. The van der Waals surface area contributed by atoms with E-state index in [1.165, 1.54) is 12.1 Å². The van der Waals surface area contributed by atoms with E-state index in [-0.39, 0.29) is 11.7 Å². The Bertz CT molecular complexity index is 916. The lowest BCUT2D eigenvalue weighted by Crippen LogP contribution is -2.24. The summed E-state index contributed by atoms with van der Waals surface area (Å²) in [6.07, 6.45) is 2.93. The number of hydrogen-bond donors (Lipinski definition) is 2. The molecule has 3 aromatic rings. The molecule has 1 amide bonds. The van der Waals surface area contributed by atoms with Gasteiger partial charge in [-0.25, -0.2) is 4.39 Å². The highest BCUT2D eigenvalue weighted by molar-refractivity contribution is 5.91. The second-order valence-electron chi connectivity index (χ2n) is 6.60. The fourth-order valence-electron chi connectivity index (χ4n) is 3.22. The predicted octanol–water partition coefficient (Wildman–Crippen LogP) is 4.83. The van der Waals surface area contributed by atoms with Crippen molar-refractivity contribution in [3.63, 3.8) is 0 Å². The van der Waals surface area contributed by atoms with Crippen LogP contribution in [0.5, 0.6) is 5.75 Å². The number of carbonyl (C=O) groups is 1. The standard InChI is InChI=1S/C22H25FN2O2/c1-3-4-13-24-21(26)12-10-18-19-14-16(23)7-11-20(19)25-22(18)15-5-8-17(27-2)9-6-15/h5-9,11,14,25H,3-4,10,12-13H2,1-2H3,(H,24,26). The van der Waals surface area contributed by atoms with Crippen molar-refractivity contribution >= 4 is 16.8 Å². The van der Waals surface area contributed by atoms with E-state index in [0.29, 0.717) is 19.4 Å². The number of aryl methyl sites for hydroxylation is 1. The van der Waals surface area contributed by atoms with Crippen molar-refractivity contribution in [3.8, 4) is 17.0 Å². The van der Waals surface area contributed by atoms with Crippen LogP contribution in [0.1, 0.15) is 31.7 Å². The summed E-state index contributed by atoms with van der Waals surface area (Å²) in [5, 5.41) is 3.76. The molecule has 0 fully saturated rings. The molecule has 5 heteroatoms. The lowest BCUT2D eigenvalue weighted by Gasteiger charge is -2.08. The van der Waals surface area contributed by atoms with Crippen LogP contribution in [0.2, 0.25) is 0 Å². The van der Waals surface area contributed by atoms with Crippen molar-refractivity contribution in [3.05, 3.63) is 53.8 Å². The predicted molar refractivity (Wildman–Crippen MR) is 106 cm³/mol. The number of hydrogen-bond acceptors (Lipinski definition) is 2. The number of H-pyrrole nitrogens is 1. The third-order valence-electron chi connectivity index (χ3n) is 4.70. The van der Waals surface area contributed by atoms with Gasteiger partial charge in [-0.1, -0.05) is 13.3 Å². The van der Waals surface area contributed by atoms with Crippen molar-refractivity contribution in [2.75, 3.05) is 13.7 Å². The number of rotatable bonds is 8. The van der Waals surface area contributed by atoms with E-state index < -0.39 is 0 Å². The van der Waals surface area contributed by atoms with Crippen LogP contribution >= 0.6 is 0 Å². The number of halogens is 1. The Morgan fingerprint density at radius 3 is 2.67 bits per heavy atom. The van der Waals surface area contributed by atoms with Crippen molar-refractivity contribution in [2.24, 2.45) is 0 Å². The molecule has 0 saturated carbocycles. The molecule has 4 nitrogen and oxygen atoms in total. The molecule has 0 atom stereocenters. The number of amides is 1. The summed E-state index contributed by atoms with van der Waals surface area (Å²) in [4.78, 5) is 15.5. The zero-order chi connectivity index (χ0) is 19.2. The number of nitrogens with one attached hydrogen (secondary N) is 2. The molecule has 1 aromatic heterocycles. The van der Waals surface area contributed by atoms with E-state index in [0.717, 1.165) is 46.3 Å². The number of benzene rings is 2. The average molecular weight is 368 g/mol. The minimum atomic E-state index is -0.281. The maximum Gasteiger partial charge on any atom is 0.220 e. The summed E-state index contributed by atoms with van der Waals surface area (Å²) in [7, 11) is 1.63. The molecule has 2 N–H and O–H groups in total. The quantitative estimate of drug-likeness (QED) is 0.560. The van der Waals surface area contributed by atoms with E-state index >= 15 is 0 Å². The van der Waals surface area contributed by atoms with Gasteiger partial charge in [0, 0.05) is 29.6 Å². The lowest BCUT2D eigenvalue weighted by atomic mass is 10.0. The third kappa shape index (κ3) is 4.48. The van der Waals surface area contributed by atoms with Gasteiger partial charge in [0.1, 0.15) is 11.6 Å². The van der Waals surface area contributed by atoms with E-state index in [1.54, 1.807) is 13.2 Å². The van der Waals surface area contributed by atoms with Crippen molar-refractivity contribution in [1.82, 2.24) is 10.3 Å². The topological polar surface area (TPSA) is 54.1 Å². The van der Waals surface area contributed by atoms with Gasteiger partial charge in [-0.3, -0.25) is 4.79 Å². The Morgan fingerprint density at radius 2 is 1.96 bits per heavy atom. The number of methoxy groups -OCH3 is 1. The van der Waals surface area contributed by atoms with Crippen LogP contribution in [0, 0.1) is 5.82 Å². The van der Waals surface area contributed by atoms with Crippen LogP contribution in [0.15, 0.2) is 42.5 Å². The number of unbranched alkanes of at least 4 members (excludes halogenated alkanes) is 1. The number of aromatic nitrogens is 1. The monoisotopic (exact) mass is 368 g/mol. The molecule has 0 unspecified atom stereocenters. The molecule has 0 bridgehead atoms. The fourth-order valence-corrected chi connectivity index (χ4v) is 3.22. The van der Waals surface area contributed by atoms with Gasteiger partial charge >= 0.3 is 0 Å². The van der Waals surface area contributed by atoms with E-state index in [4.69, 9.17) is 4.74 Å². The lowest BCUT2D eigenvalue weighted by molar-refractivity contribution is -0.121. The first kappa shape index (κ1) is 19.0. The summed E-state index contributed by atoms with van der Waals surface area (Å²) >= 11 is 0. The SMILES string of the molecule is CCCCNC(=O)CCc1c(-c2ccc(OC)cc2)[nH]c2ccc(F)cc12. The van der Waals surface area contributed by atoms with Crippen molar-refractivity contribution < 1.29 is 13.9 Å². The minimum Gasteiger partial charge on any atom is -0.497 e. The molecular formula is C22H25FN2O2. The zero-order valence-corrected chi connectivity index (χ0v) is 15.8. The molecule has 0 aliphatic carbocycles. The van der Waals surface area contributed by atoms with Gasteiger partial charge < -0.3 is 15.0 Å². The number of carbonyl (C=O) groups excluding carboxylic acids is 1. The summed E-state index contributed by atoms with van der Waals surface area (Å²) < 4.78 is 19.0. The number of fused-ring (bicyclic) bond motifs is 1. The minimum absolute atomic E-state index is 0.0230. The van der Waals surface area contributed by atoms with Crippen LogP contribution in [0.25, 0.3) is 22.2 Å². The first-order valence-electron chi connectivity index (χ1n) is 9.33. The van der Waals surface area contributed by atoms with E-state index in [1.807, 2.05) is 24.3 Å². The van der Waals surface area contributed by atoms with Crippen LogP contribution in [0.3, 0.4) is 0 Å². The van der Waals surface area contributed by atoms with Gasteiger partial charge in [0.05, 0.1) is 7.11 Å². The highest BCUT2D eigenvalue weighted by atomic mass is 19.1. The van der Waals surface area contributed by atoms with Crippen molar-refractivity contribution in [2.45, 2.75) is 32.6 Å². The Balaban J connectivity index is 1.90. The van der Waals surface area contributed by atoms with Crippen LogP contribution < -0.4 is 10.1 Å². The molecule has 27 heavy (non-hydrogen) atoms. The summed E-state index contributed by atoms with van der Waals surface area (Å²) in [6.45, 7) is 2.79. The third-order valence-corrected chi connectivity index (χ3v) is 4.70. The first-order valence-corrected chi connectivity index (χ1v) is 9.33. The Labute approximate surface area is 158 Å². The Hall–Kier alpha value is -2.82. The van der Waals surface area contributed by atoms with Gasteiger partial charge in [0.25, 0.3) is 0 Å². The summed E-state index contributed by atoms with van der Waals surface area (Å²) in [5.41, 5.74) is 3.72. The van der Waals surface area contributed by atoms with E-state index in [2.05, 4.69) is 17.2 Å². The van der Waals surface area contributed by atoms with Gasteiger partial charge in [0.15, 0.2) is 0 Å². The maximum absolute atomic E-state index is 13.8. The molecule has 0 aliphatic rings. The normalized spacial score (nSPS) is 10.9. The van der Waals surface area contributed by atoms with Gasteiger partial charge in [-0.15, -0.1) is 0 Å². The molecular weight excluding hydrogens is 343 g/mol. The molecule has 0 radical (unpaired) electrons. The van der Waals surface area contributed by atoms with Crippen LogP contribution in [-0.4, -0.2) is 24.5 Å². The summed E-state index contributed by atoms with van der Waals surface area (Å²) in [5.74, 6) is 0.518. The van der Waals surface area contributed by atoms with Crippen molar-refractivity contribution in [1.29, 1.82) is 0 Å². The highest BCUT2D eigenvalue weighted by Crippen LogP contribution is 2.32. The Kier molecular flexibility index (Phi) is 6.12. The second-order valence-corrected chi connectivity index (χ2v) is 6.60. The maximum atomic E-state index is 13.8. The van der Waals surface area contributed by atoms with Crippen LogP contribution in [0.4, 0.5) is 4.39 Å². The average Bonchev–Trinajstić information content (AvgIpc) is 3.04. The van der Waals surface area contributed by atoms with Gasteiger partial charge in [-0.2, -0.15) is 0 Å². The zero-order valence-electron chi connectivity index (χ0n) is 15.8. The molecule has 0 aliphatic heterocycles. The Morgan fingerprint density at radius 1 is 1.19 bits per heavy atom. The second kappa shape index (κ2) is 8.71. The highest BCUT2D eigenvalue weighted by Gasteiger charge is 2.15. The van der Waals surface area contributed by atoms with E-state index in [9.17, 15) is 9.18 Å². The largest absolute Gasteiger partial charge is 0.497 e. The smallest absolute Gasteiger partial charge is 0.220 e. The molecule has 1 heterocycles. The van der Waals surface area contributed by atoms with Crippen LogP contribution in [-0.2, 0) is 11.2 Å². The van der Waals surface area contributed by atoms with Gasteiger partial charge in [0.2, 0.25) is 5.91 Å². The number of aromatic amines is 1.